The Balaban J connectivity index is 3.58. The molecule has 0 atom stereocenters. The van der Waals surface area contributed by atoms with Crippen molar-refractivity contribution in [2.24, 2.45) is 5.73 Å². The molecule has 0 spiro atoms. The first-order chi connectivity index (χ1) is 7.25. The average Bonchev–Trinajstić information content (AvgIpc) is 2.14. The Morgan fingerprint density at radius 1 is 1.25 bits per heavy atom. The number of halogens is 3. The Morgan fingerprint density at radius 3 is 2.19 bits per heavy atom. The first kappa shape index (κ1) is 12.0. The van der Waals surface area contributed by atoms with Gasteiger partial charge in [0, 0.05) is 0 Å². The van der Waals surface area contributed by atoms with Crippen LogP contribution in [0.5, 0.6) is 0 Å². The van der Waals surface area contributed by atoms with E-state index < -0.39 is 34.7 Å². The van der Waals surface area contributed by atoms with Gasteiger partial charge in [-0.05, 0) is 12.1 Å². The van der Waals surface area contributed by atoms with Crippen LogP contribution >= 0.6 is 0 Å². The number of primary amides is 1. The van der Waals surface area contributed by atoms with Crippen molar-refractivity contribution >= 4 is 11.9 Å². The van der Waals surface area contributed by atoms with Crippen molar-refractivity contribution in [3.8, 4) is 0 Å². The minimum absolute atomic E-state index is 0.579. The zero-order chi connectivity index (χ0) is 12.5. The maximum absolute atomic E-state index is 12.4. The lowest BCUT2D eigenvalue weighted by molar-refractivity contribution is -0.138. The second-order valence-electron chi connectivity index (χ2n) is 2.90. The van der Waals surface area contributed by atoms with Gasteiger partial charge in [0.1, 0.15) is 0 Å². The lowest BCUT2D eigenvalue weighted by atomic mass is 10.0. The maximum atomic E-state index is 12.4. The third-order valence-electron chi connectivity index (χ3n) is 1.85. The van der Waals surface area contributed by atoms with Gasteiger partial charge in [-0.2, -0.15) is 13.2 Å². The van der Waals surface area contributed by atoms with Crippen molar-refractivity contribution in [2.45, 2.75) is 6.18 Å². The fourth-order valence-corrected chi connectivity index (χ4v) is 1.22. The lowest BCUT2D eigenvalue weighted by Crippen LogP contribution is -2.21. The van der Waals surface area contributed by atoms with Gasteiger partial charge < -0.3 is 10.8 Å². The SMILES string of the molecule is NC(=O)c1cccc(C(F)(F)F)c1C(=O)O. The highest BCUT2D eigenvalue weighted by Crippen LogP contribution is 2.33. The third kappa shape index (κ3) is 2.13. The van der Waals surface area contributed by atoms with Gasteiger partial charge in [0.25, 0.3) is 0 Å². The van der Waals surface area contributed by atoms with Crippen LogP contribution in [0.1, 0.15) is 26.3 Å². The molecule has 0 aliphatic rings. The van der Waals surface area contributed by atoms with E-state index in [1.54, 1.807) is 0 Å². The maximum Gasteiger partial charge on any atom is 0.417 e. The molecule has 0 unspecified atom stereocenters. The summed E-state index contributed by atoms with van der Waals surface area (Å²) in [5, 5.41) is 8.65. The van der Waals surface area contributed by atoms with Gasteiger partial charge in [0.05, 0.1) is 16.7 Å². The molecule has 4 nitrogen and oxygen atoms in total. The number of benzene rings is 1. The van der Waals surface area contributed by atoms with Gasteiger partial charge in [0.15, 0.2) is 0 Å². The van der Waals surface area contributed by atoms with E-state index in [1.807, 2.05) is 0 Å². The number of aromatic carboxylic acids is 1. The van der Waals surface area contributed by atoms with E-state index in [2.05, 4.69) is 0 Å². The fourth-order valence-electron chi connectivity index (χ4n) is 1.22. The van der Waals surface area contributed by atoms with Crippen LogP contribution in [0.2, 0.25) is 0 Å². The van der Waals surface area contributed by atoms with Crippen molar-refractivity contribution in [2.75, 3.05) is 0 Å². The van der Waals surface area contributed by atoms with Crippen LogP contribution in [0, 0.1) is 0 Å². The quantitative estimate of drug-likeness (QED) is 0.812. The smallest absolute Gasteiger partial charge is 0.417 e. The number of hydrogen-bond donors (Lipinski definition) is 2. The number of carbonyl (C=O) groups excluding carboxylic acids is 1. The number of carboxylic acids is 1. The predicted molar refractivity (Wildman–Crippen MR) is 46.9 cm³/mol. The number of carbonyl (C=O) groups is 2. The van der Waals surface area contributed by atoms with Crippen LogP contribution in [0.4, 0.5) is 13.2 Å². The minimum Gasteiger partial charge on any atom is -0.478 e. The van der Waals surface area contributed by atoms with Crippen LogP contribution in [0.3, 0.4) is 0 Å². The lowest BCUT2D eigenvalue weighted by Gasteiger charge is -2.11. The molecule has 0 heterocycles. The average molecular weight is 233 g/mol. The second-order valence-corrected chi connectivity index (χ2v) is 2.90. The van der Waals surface area contributed by atoms with Gasteiger partial charge >= 0.3 is 12.1 Å². The van der Waals surface area contributed by atoms with Crippen LogP contribution in [0.25, 0.3) is 0 Å². The first-order valence-corrected chi connectivity index (χ1v) is 3.98. The summed E-state index contributed by atoms with van der Waals surface area (Å²) in [4.78, 5) is 21.5. The zero-order valence-electron chi connectivity index (χ0n) is 7.71. The van der Waals surface area contributed by atoms with E-state index in [9.17, 15) is 22.8 Å². The molecular formula is C9H6F3NO3. The molecule has 3 N–H and O–H groups in total. The van der Waals surface area contributed by atoms with E-state index in [0.717, 1.165) is 12.1 Å². The first-order valence-electron chi connectivity index (χ1n) is 3.98. The molecule has 0 radical (unpaired) electrons. The van der Waals surface area contributed by atoms with Gasteiger partial charge in [-0.25, -0.2) is 4.79 Å². The standard InChI is InChI=1S/C9H6F3NO3/c10-9(11,12)5-3-1-2-4(7(13)14)6(5)8(15)16/h1-3H,(H2,13,14)(H,15,16). The molecule has 0 aliphatic carbocycles. The van der Waals surface area contributed by atoms with Gasteiger partial charge in [-0.15, -0.1) is 0 Å². The largest absolute Gasteiger partial charge is 0.478 e. The zero-order valence-corrected chi connectivity index (χ0v) is 7.71. The summed E-state index contributed by atoms with van der Waals surface area (Å²) in [6, 6.07) is 2.44. The van der Waals surface area contributed by atoms with E-state index in [0.29, 0.717) is 6.07 Å². The predicted octanol–water partition coefficient (Wildman–Crippen LogP) is 1.50. The van der Waals surface area contributed by atoms with Gasteiger partial charge in [0.2, 0.25) is 5.91 Å². The summed E-state index contributed by atoms with van der Waals surface area (Å²) in [7, 11) is 0. The third-order valence-corrected chi connectivity index (χ3v) is 1.85. The summed E-state index contributed by atoms with van der Waals surface area (Å²) >= 11 is 0. The molecule has 0 saturated carbocycles. The Bertz CT molecular complexity index is 454. The number of hydrogen-bond acceptors (Lipinski definition) is 2. The molecule has 1 aromatic carbocycles. The summed E-state index contributed by atoms with van der Waals surface area (Å²) in [5.74, 6) is -3.06. The van der Waals surface area contributed by atoms with Crippen LogP contribution < -0.4 is 5.73 Å². The summed E-state index contributed by atoms with van der Waals surface area (Å²) < 4.78 is 37.3. The monoisotopic (exact) mass is 233 g/mol. The van der Waals surface area contributed by atoms with Crippen molar-refractivity contribution < 1.29 is 27.9 Å². The number of carboxylic acid groups (broad SMARTS) is 1. The molecule has 1 aromatic rings. The molecule has 0 bridgehead atoms. The van der Waals surface area contributed by atoms with Crippen molar-refractivity contribution in [3.63, 3.8) is 0 Å². The van der Waals surface area contributed by atoms with E-state index >= 15 is 0 Å². The molecule has 0 fully saturated rings. The fraction of sp³-hybridized carbons (Fsp3) is 0.111. The van der Waals surface area contributed by atoms with Gasteiger partial charge in [-0.1, -0.05) is 6.07 Å². The molecule has 0 aromatic heterocycles. The number of rotatable bonds is 2. The number of nitrogens with two attached hydrogens (primary N) is 1. The Morgan fingerprint density at radius 2 is 1.81 bits per heavy atom. The van der Waals surface area contributed by atoms with Crippen molar-refractivity contribution in [3.05, 3.63) is 34.9 Å². The van der Waals surface area contributed by atoms with Gasteiger partial charge in [-0.3, -0.25) is 4.79 Å². The Labute approximate surface area is 87.5 Å². The normalized spacial score (nSPS) is 11.2. The van der Waals surface area contributed by atoms with Crippen molar-refractivity contribution in [1.29, 1.82) is 0 Å². The molecule has 86 valence electrons. The highest BCUT2D eigenvalue weighted by Gasteiger charge is 2.37. The van der Waals surface area contributed by atoms with E-state index in [-0.39, 0.29) is 0 Å². The molecular weight excluding hydrogens is 227 g/mol. The second kappa shape index (κ2) is 3.84. The van der Waals surface area contributed by atoms with Crippen LogP contribution in [-0.2, 0) is 6.18 Å². The molecule has 16 heavy (non-hydrogen) atoms. The summed E-state index contributed by atoms with van der Waals surface area (Å²) in [5.41, 5.74) is 1.62. The highest BCUT2D eigenvalue weighted by atomic mass is 19.4. The van der Waals surface area contributed by atoms with Crippen LogP contribution in [0.15, 0.2) is 18.2 Å². The Kier molecular flexibility index (Phi) is 2.88. The topological polar surface area (TPSA) is 80.4 Å². The van der Waals surface area contributed by atoms with E-state index in [4.69, 9.17) is 10.8 Å². The molecule has 1 amide bonds. The minimum atomic E-state index is -4.85. The van der Waals surface area contributed by atoms with Crippen LogP contribution in [-0.4, -0.2) is 17.0 Å². The summed E-state index contributed by atoms with van der Waals surface area (Å²) in [6.07, 6.45) is -4.85. The molecule has 7 heteroatoms. The molecule has 0 aliphatic heterocycles. The van der Waals surface area contributed by atoms with E-state index in [1.165, 1.54) is 0 Å². The number of alkyl halides is 3. The highest BCUT2D eigenvalue weighted by molar-refractivity contribution is 6.05. The molecule has 1 rings (SSSR count). The Hall–Kier alpha value is -2.05. The summed E-state index contributed by atoms with van der Waals surface area (Å²) in [6.45, 7) is 0. The van der Waals surface area contributed by atoms with Crippen molar-refractivity contribution in [1.82, 2.24) is 0 Å². The number of amides is 1. The molecule has 0 saturated heterocycles.